The quantitative estimate of drug-likeness (QED) is 0.734. The van der Waals surface area contributed by atoms with Gasteiger partial charge in [-0.1, -0.05) is 12.1 Å². The predicted molar refractivity (Wildman–Crippen MR) is 118 cm³/mol. The summed E-state index contributed by atoms with van der Waals surface area (Å²) in [6, 6.07) is 7.73. The normalized spacial score (nSPS) is 20.0. The Morgan fingerprint density at radius 2 is 1.94 bits per heavy atom. The second kappa shape index (κ2) is 9.07. The summed E-state index contributed by atoms with van der Waals surface area (Å²) < 4.78 is 32.6. The highest BCUT2D eigenvalue weighted by Gasteiger charge is 2.35. The van der Waals surface area contributed by atoms with E-state index < -0.39 is 16.1 Å². The first kappa shape index (κ1) is 21.9. The van der Waals surface area contributed by atoms with Crippen LogP contribution in [0.5, 0.6) is 0 Å². The highest BCUT2D eigenvalue weighted by atomic mass is 32.2. The third-order valence-electron chi connectivity index (χ3n) is 5.62. The Bertz CT molecular complexity index is 1060. The third-order valence-corrected chi connectivity index (χ3v) is 8.38. The van der Waals surface area contributed by atoms with Crippen molar-refractivity contribution in [3.05, 3.63) is 46.2 Å². The van der Waals surface area contributed by atoms with Gasteiger partial charge in [0.15, 0.2) is 0 Å². The molecule has 166 valence electrons. The number of sulfonamides is 1. The van der Waals surface area contributed by atoms with Crippen molar-refractivity contribution >= 4 is 38.9 Å². The molecule has 2 fully saturated rings. The smallest absolute Gasteiger partial charge is 0.264 e. The van der Waals surface area contributed by atoms with E-state index in [0.717, 1.165) is 12.0 Å². The number of carbonyl (C=O) groups excluding carboxylic acids is 2. The number of rotatable bonds is 5. The number of ether oxygens (including phenoxy) is 1. The molecule has 0 saturated carbocycles. The fourth-order valence-electron chi connectivity index (χ4n) is 3.87. The van der Waals surface area contributed by atoms with E-state index in [0.29, 0.717) is 49.8 Å². The van der Waals surface area contributed by atoms with Gasteiger partial charge in [0.05, 0.1) is 23.0 Å². The van der Waals surface area contributed by atoms with E-state index in [1.807, 2.05) is 18.4 Å². The van der Waals surface area contributed by atoms with Crippen LogP contribution in [0, 0.1) is 6.92 Å². The summed E-state index contributed by atoms with van der Waals surface area (Å²) in [7, 11) is -3.67. The second-order valence-electron chi connectivity index (χ2n) is 7.62. The van der Waals surface area contributed by atoms with Crippen LogP contribution in [0.3, 0.4) is 0 Å². The molecule has 3 heterocycles. The van der Waals surface area contributed by atoms with Crippen LogP contribution in [0.4, 0.5) is 5.69 Å². The van der Waals surface area contributed by atoms with Crippen molar-refractivity contribution < 1.29 is 22.7 Å². The van der Waals surface area contributed by atoms with Crippen molar-refractivity contribution in [1.82, 2.24) is 9.21 Å². The molecule has 0 spiro atoms. The highest BCUT2D eigenvalue weighted by molar-refractivity contribution is 7.89. The van der Waals surface area contributed by atoms with Gasteiger partial charge in [-0.25, -0.2) is 8.42 Å². The number of aryl methyl sites for hydroxylation is 1. The maximum Gasteiger partial charge on any atom is 0.264 e. The molecule has 8 nitrogen and oxygen atoms in total. The molecule has 1 N–H and O–H groups in total. The van der Waals surface area contributed by atoms with Gasteiger partial charge in [0, 0.05) is 25.3 Å². The van der Waals surface area contributed by atoms with E-state index in [9.17, 15) is 18.0 Å². The fraction of sp³-hybridized carbons (Fsp3) is 0.429. The first-order chi connectivity index (χ1) is 14.9. The topological polar surface area (TPSA) is 96.0 Å². The minimum absolute atomic E-state index is 0.133. The zero-order valence-corrected chi connectivity index (χ0v) is 18.9. The molecule has 2 aliphatic rings. The Morgan fingerprint density at radius 1 is 1.16 bits per heavy atom. The van der Waals surface area contributed by atoms with Gasteiger partial charge in [-0.15, -0.1) is 11.3 Å². The fourth-order valence-corrected chi connectivity index (χ4v) is 5.99. The number of amides is 2. The highest BCUT2D eigenvalue weighted by Crippen LogP contribution is 2.27. The van der Waals surface area contributed by atoms with E-state index in [4.69, 9.17) is 4.74 Å². The number of carbonyl (C=O) groups is 2. The Morgan fingerprint density at radius 3 is 2.65 bits per heavy atom. The average Bonchev–Trinajstić information content (AvgIpc) is 3.47. The number of benzene rings is 1. The van der Waals surface area contributed by atoms with E-state index in [-0.39, 0.29) is 16.7 Å². The molecule has 4 rings (SSSR count). The average molecular weight is 464 g/mol. The van der Waals surface area contributed by atoms with Crippen LogP contribution in [0.1, 0.15) is 28.1 Å². The van der Waals surface area contributed by atoms with E-state index in [1.54, 1.807) is 23.1 Å². The van der Waals surface area contributed by atoms with Gasteiger partial charge in [0.1, 0.15) is 6.04 Å². The Labute approximate surface area is 185 Å². The molecule has 31 heavy (non-hydrogen) atoms. The summed E-state index contributed by atoms with van der Waals surface area (Å²) in [6.45, 7) is 3.68. The van der Waals surface area contributed by atoms with Gasteiger partial charge in [-0.05, 0) is 48.9 Å². The van der Waals surface area contributed by atoms with Crippen LogP contribution in [0.25, 0.3) is 0 Å². The molecule has 0 bridgehead atoms. The standard InChI is InChI=1S/C21H25N3O5S2/c1-15-6-7-16(31(27,28)23-9-11-29-12-10-23)14-17(15)22-20(25)18-4-2-8-24(18)21(26)19-5-3-13-30-19/h3,5-7,13-14,18H,2,4,8-12H2,1H3,(H,22,25)/t18-/m0/s1. The van der Waals surface area contributed by atoms with Gasteiger partial charge >= 0.3 is 0 Å². The minimum atomic E-state index is -3.67. The van der Waals surface area contributed by atoms with Crippen molar-refractivity contribution in [3.8, 4) is 0 Å². The molecule has 1 aromatic carbocycles. The van der Waals surface area contributed by atoms with Crippen LogP contribution in [0.2, 0.25) is 0 Å². The summed E-state index contributed by atoms with van der Waals surface area (Å²) in [5, 5.41) is 4.70. The van der Waals surface area contributed by atoms with Crippen molar-refractivity contribution in [1.29, 1.82) is 0 Å². The van der Waals surface area contributed by atoms with Gasteiger partial charge < -0.3 is 15.0 Å². The summed E-state index contributed by atoms with van der Waals surface area (Å²) in [4.78, 5) is 28.1. The molecule has 10 heteroatoms. The van der Waals surface area contributed by atoms with Crippen molar-refractivity contribution in [3.63, 3.8) is 0 Å². The first-order valence-corrected chi connectivity index (χ1v) is 12.5. The second-order valence-corrected chi connectivity index (χ2v) is 10.5. The van der Waals surface area contributed by atoms with Crippen LogP contribution in [-0.4, -0.2) is 68.3 Å². The number of likely N-dealkylation sites (tertiary alicyclic amines) is 1. The van der Waals surface area contributed by atoms with E-state index in [1.165, 1.54) is 21.7 Å². The SMILES string of the molecule is Cc1ccc(S(=O)(=O)N2CCOCC2)cc1NC(=O)[C@@H]1CCCN1C(=O)c1cccs1. The lowest BCUT2D eigenvalue weighted by Gasteiger charge is -2.26. The van der Waals surface area contributed by atoms with E-state index >= 15 is 0 Å². The number of nitrogens with one attached hydrogen (secondary N) is 1. The molecular formula is C21H25N3O5S2. The monoisotopic (exact) mass is 463 g/mol. The molecule has 0 unspecified atom stereocenters. The number of hydrogen-bond acceptors (Lipinski definition) is 6. The Kier molecular flexibility index (Phi) is 6.42. The van der Waals surface area contributed by atoms with Crippen molar-refractivity contribution in [2.24, 2.45) is 0 Å². The van der Waals surface area contributed by atoms with Crippen LogP contribution in [-0.2, 0) is 19.6 Å². The molecule has 1 atom stereocenters. The summed E-state index contributed by atoms with van der Waals surface area (Å²) in [5.41, 5.74) is 1.19. The van der Waals surface area contributed by atoms with Crippen LogP contribution >= 0.6 is 11.3 Å². The number of morpholine rings is 1. The maximum absolute atomic E-state index is 13.0. The molecule has 2 amide bonds. The van der Waals surface area contributed by atoms with E-state index in [2.05, 4.69) is 5.32 Å². The molecule has 0 radical (unpaired) electrons. The van der Waals surface area contributed by atoms with Crippen molar-refractivity contribution in [2.75, 3.05) is 38.2 Å². The van der Waals surface area contributed by atoms with Gasteiger partial charge in [-0.3, -0.25) is 9.59 Å². The first-order valence-electron chi connectivity index (χ1n) is 10.2. The summed E-state index contributed by atoms with van der Waals surface area (Å²) in [5.74, 6) is -0.445. The zero-order valence-electron chi connectivity index (χ0n) is 17.2. The Balaban J connectivity index is 1.53. The number of nitrogens with zero attached hydrogens (tertiary/aromatic N) is 2. The van der Waals surface area contributed by atoms with Gasteiger partial charge in [-0.2, -0.15) is 4.31 Å². The number of hydrogen-bond donors (Lipinski definition) is 1. The lowest BCUT2D eigenvalue weighted by molar-refractivity contribution is -0.119. The molecule has 2 saturated heterocycles. The predicted octanol–water partition coefficient (Wildman–Crippen LogP) is 2.32. The minimum Gasteiger partial charge on any atom is -0.379 e. The molecule has 2 aliphatic heterocycles. The van der Waals surface area contributed by atoms with Crippen LogP contribution < -0.4 is 5.32 Å². The van der Waals surface area contributed by atoms with Crippen molar-refractivity contribution in [2.45, 2.75) is 30.7 Å². The molecular weight excluding hydrogens is 438 g/mol. The van der Waals surface area contributed by atoms with Crippen LogP contribution in [0.15, 0.2) is 40.6 Å². The number of anilines is 1. The van der Waals surface area contributed by atoms with Gasteiger partial charge in [0.2, 0.25) is 15.9 Å². The summed E-state index contributed by atoms with van der Waals surface area (Å²) in [6.07, 6.45) is 1.33. The Hall–Kier alpha value is -2.27. The lowest BCUT2D eigenvalue weighted by Crippen LogP contribution is -2.43. The zero-order chi connectivity index (χ0) is 22.0. The molecule has 2 aromatic rings. The summed E-state index contributed by atoms with van der Waals surface area (Å²) >= 11 is 1.35. The third kappa shape index (κ3) is 4.52. The molecule has 0 aliphatic carbocycles. The number of thiophene rings is 1. The largest absolute Gasteiger partial charge is 0.379 e. The molecule has 1 aromatic heterocycles. The maximum atomic E-state index is 13.0. The van der Waals surface area contributed by atoms with Gasteiger partial charge in [0.25, 0.3) is 5.91 Å². The lowest BCUT2D eigenvalue weighted by atomic mass is 10.1.